The molecule has 0 aromatic heterocycles. The average molecular weight is 187 g/mol. The molecule has 2 heteroatoms. The minimum atomic E-state index is 0.299. The lowest BCUT2D eigenvalue weighted by atomic mass is 9.91. The zero-order chi connectivity index (χ0) is 10.4. The Morgan fingerprint density at radius 2 is 1.69 bits per heavy atom. The van der Waals surface area contributed by atoms with Crippen LogP contribution in [0, 0.1) is 11.8 Å². The van der Waals surface area contributed by atoms with Crippen LogP contribution < -0.4 is 5.73 Å². The van der Waals surface area contributed by atoms with E-state index in [1.807, 2.05) is 0 Å². The molecule has 0 aromatic carbocycles. The summed E-state index contributed by atoms with van der Waals surface area (Å²) in [6.45, 7) is 11.5. The van der Waals surface area contributed by atoms with E-state index in [-0.39, 0.29) is 0 Å². The van der Waals surface area contributed by atoms with Crippen molar-refractivity contribution in [3.05, 3.63) is 0 Å². The van der Waals surface area contributed by atoms with Crippen LogP contribution in [0.4, 0.5) is 0 Å². The summed E-state index contributed by atoms with van der Waals surface area (Å²) in [5.74, 6) is 1.05. The Hall–Kier alpha value is -0.0800. The van der Waals surface area contributed by atoms with Crippen LogP contribution in [0.1, 0.15) is 41.0 Å². The molecule has 13 heavy (non-hydrogen) atoms. The third-order valence-electron chi connectivity index (χ3n) is 2.38. The predicted molar refractivity (Wildman–Crippen MR) is 57.7 cm³/mol. The molecule has 2 nitrogen and oxygen atoms in total. The lowest BCUT2D eigenvalue weighted by molar-refractivity contribution is -0.0507. The summed E-state index contributed by atoms with van der Waals surface area (Å²) in [5.41, 5.74) is 5.72. The van der Waals surface area contributed by atoms with E-state index in [0.717, 1.165) is 13.0 Å². The van der Waals surface area contributed by atoms with Crippen LogP contribution in [-0.4, -0.2) is 18.8 Å². The van der Waals surface area contributed by atoms with E-state index < -0.39 is 0 Å². The van der Waals surface area contributed by atoms with Gasteiger partial charge in [-0.2, -0.15) is 0 Å². The van der Waals surface area contributed by atoms with Gasteiger partial charge >= 0.3 is 0 Å². The third-order valence-corrected chi connectivity index (χ3v) is 2.38. The first-order valence-electron chi connectivity index (χ1n) is 5.38. The molecule has 0 aliphatic heterocycles. The van der Waals surface area contributed by atoms with E-state index >= 15 is 0 Å². The van der Waals surface area contributed by atoms with Crippen molar-refractivity contribution in [2.75, 3.05) is 6.54 Å². The summed E-state index contributed by atoms with van der Waals surface area (Å²) in [5, 5.41) is 0. The fourth-order valence-corrected chi connectivity index (χ4v) is 1.66. The molecule has 2 unspecified atom stereocenters. The van der Waals surface area contributed by atoms with Gasteiger partial charge in [-0.15, -0.1) is 0 Å². The quantitative estimate of drug-likeness (QED) is 0.693. The van der Waals surface area contributed by atoms with E-state index in [9.17, 15) is 0 Å². The fourth-order valence-electron chi connectivity index (χ4n) is 1.66. The molecule has 0 saturated carbocycles. The highest BCUT2D eigenvalue weighted by Crippen LogP contribution is 2.20. The first-order chi connectivity index (χ1) is 6.02. The topological polar surface area (TPSA) is 35.2 Å². The van der Waals surface area contributed by atoms with Crippen molar-refractivity contribution in [1.29, 1.82) is 0 Å². The van der Waals surface area contributed by atoms with Gasteiger partial charge in [0, 0.05) is 0 Å². The fraction of sp³-hybridized carbons (Fsp3) is 1.00. The van der Waals surface area contributed by atoms with Gasteiger partial charge in [0.2, 0.25) is 0 Å². The lowest BCUT2D eigenvalue weighted by Crippen LogP contribution is -2.35. The van der Waals surface area contributed by atoms with Gasteiger partial charge in [-0.25, -0.2) is 0 Å². The summed E-state index contributed by atoms with van der Waals surface area (Å²) < 4.78 is 5.88. The molecule has 0 aliphatic carbocycles. The molecule has 0 bridgehead atoms. The van der Waals surface area contributed by atoms with Crippen molar-refractivity contribution in [1.82, 2.24) is 0 Å². The highest BCUT2D eigenvalue weighted by atomic mass is 16.5. The minimum Gasteiger partial charge on any atom is -0.375 e. The first kappa shape index (κ1) is 12.9. The molecular weight excluding hydrogens is 162 g/mol. The van der Waals surface area contributed by atoms with E-state index in [1.54, 1.807) is 0 Å². The minimum absolute atomic E-state index is 0.299. The third kappa shape index (κ3) is 4.63. The maximum absolute atomic E-state index is 5.88. The predicted octanol–water partition coefficient (Wildman–Crippen LogP) is 2.42. The maximum atomic E-state index is 5.88. The summed E-state index contributed by atoms with van der Waals surface area (Å²) in [4.78, 5) is 0. The van der Waals surface area contributed by atoms with E-state index in [1.165, 1.54) is 0 Å². The monoisotopic (exact) mass is 187 g/mol. The van der Waals surface area contributed by atoms with Crippen LogP contribution >= 0.6 is 0 Å². The number of ether oxygens (including phenoxy) is 1. The van der Waals surface area contributed by atoms with Crippen LogP contribution in [0.5, 0.6) is 0 Å². The van der Waals surface area contributed by atoms with Gasteiger partial charge in [-0.3, -0.25) is 0 Å². The molecular formula is C11H25NO. The highest BCUT2D eigenvalue weighted by molar-refractivity contribution is 4.73. The van der Waals surface area contributed by atoms with E-state index in [2.05, 4.69) is 34.6 Å². The molecule has 2 N–H and O–H groups in total. The van der Waals surface area contributed by atoms with Gasteiger partial charge in [-0.1, -0.05) is 20.8 Å². The van der Waals surface area contributed by atoms with Gasteiger partial charge < -0.3 is 10.5 Å². The van der Waals surface area contributed by atoms with Crippen LogP contribution in [0.25, 0.3) is 0 Å². The second-order valence-electron chi connectivity index (χ2n) is 4.30. The second kappa shape index (κ2) is 6.39. The van der Waals surface area contributed by atoms with Crippen molar-refractivity contribution in [2.45, 2.75) is 53.2 Å². The normalized spacial score (nSPS) is 16.6. The number of rotatable bonds is 6. The zero-order valence-corrected chi connectivity index (χ0v) is 9.71. The molecule has 0 amide bonds. The van der Waals surface area contributed by atoms with Crippen molar-refractivity contribution < 1.29 is 4.74 Å². The van der Waals surface area contributed by atoms with Crippen molar-refractivity contribution in [3.8, 4) is 0 Å². The molecule has 0 fully saturated rings. The van der Waals surface area contributed by atoms with Crippen molar-refractivity contribution >= 4 is 0 Å². The summed E-state index contributed by atoms with van der Waals surface area (Å²) >= 11 is 0. The highest BCUT2D eigenvalue weighted by Gasteiger charge is 2.23. The van der Waals surface area contributed by atoms with Gasteiger partial charge in [0.05, 0.1) is 12.2 Å². The van der Waals surface area contributed by atoms with Crippen LogP contribution in [-0.2, 0) is 4.74 Å². The van der Waals surface area contributed by atoms with Gasteiger partial charge in [0.25, 0.3) is 0 Å². The molecule has 0 aliphatic rings. The SMILES string of the molecule is CCC(CN)C(OC(C)C)C(C)C. The smallest absolute Gasteiger partial charge is 0.0641 e. The molecule has 0 spiro atoms. The Balaban J connectivity index is 4.21. The molecule has 0 radical (unpaired) electrons. The van der Waals surface area contributed by atoms with E-state index in [0.29, 0.717) is 24.0 Å². The van der Waals surface area contributed by atoms with Crippen molar-refractivity contribution in [3.63, 3.8) is 0 Å². The van der Waals surface area contributed by atoms with E-state index in [4.69, 9.17) is 10.5 Å². The molecule has 0 rings (SSSR count). The van der Waals surface area contributed by atoms with Gasteiger partial charge in [0.1, 0.15) is 0 Å². The Kier molecular flexibility index (Phi) is 6.35. The molecule has 0 saturated heterocycles. The standard InChI is InChI=1S/C11H25NO/c1-6-10(7-12)11(8(2)3)13-9(4)5/h8-11H,6-7,12H2,1-5H3. The summed E-state index contributed by atoms with van der Waals surface area (Å²) in [6, 6.07) is 0. The second-order valence-corrected chi connectivity index (χ2v) is 4.30. The first-order valence-corrected chi connectivity index (χ1v) is 5.38. The number of nitrogens with two attached hydrogens (primary N) is 1. The maximum Gasteiger partial charge on any atom is 0.0641 e. The van der Waals surface area contributed by atoms with Crippen molar-refractivity contribution in [2.24, 2.45) is 17.6 Å². The number of hydrogen-bond donors (Lipinski definition) is 1. The summed E-state index contributed by atoms with van der Waals surface area (Å²) in [6.07, 6.45) is 1.72. The largest absolute Gasteiger partial charge is 0.375 e. The molecule has 80 valence electrons. The Bertz CT molecular complexity index is 119. The average Bonchev–Trinajstić information content (AvgIpc) is 2.04. The molecule has 2 atom stereocenters. The Morgan fingerprint density at radius 3 is 1.92 bits per heavy atom. The van der Waals surface area contributed by atoms with Crippen LogP contribution in [0.3, 0.4) is 0 Å². The molecule has 0 aromatic rings. The van der Waals surface area contributed by atoms with Gasteiger partial charge in [0.15, 0.2) is 0 Å². The zero-order valence-electron chi connectivity index (χ0n) is 9.71. The lowest BCUT2D eigenvalue weighted by Gasteiger charge is -2.30. The van der Waals surface area contributed by atoms with Crippen LogP contribution in [0.2, 0.25) is 0 Å². The Morgan fingerprint density at radius 1 is 1.15 bits per heavy atom. The van der Waals surface area contributed by atoms with Crippen LogP contribution in [0.15, 0.2) is 0 Å². The number of hydrogen-bond acceptors (Lipinski definition) is 2. The Labute approximate surface area is 82.8 Å². The molecule has 0 heterocycles. The van der Waals surface area contributed by atoms with Gasteiger partial charge in [-0.05, 0) is 38.6 Å². The summed E-state index contributed by atoms with van der Waals surface area (Å²) in [7, 11) is 0.